The molecule has 0 N–H and O–H groups in total. The van der Waals surface area contributed by atoms with Crippen LogP contribution in [0.3, 0.4) is 0 Å². The molecule has 11 heavy (non-hydrogen) atoms. The molecule has 0 amide bonds. The van der Waals surface area contributed by atoms with Gasteiger partial charge in [0.2, 0.25) is 0 Å². The maximum Gasteiger partial charge on any atom is 0.0477 e. The van der Waals surface area contributed by atoms with E-state index in [0.29, 0.717) is 5.88 Å². The van der Waals surface area contributed by atoms with Crippen LogP contribution in [0.4, 0.5) is 0 Å². The Kier molecular flexibility index (Phi) is 5.26. The zero-order chi connectivity index (χ0) is 7.40. The zero-order valence-corrected chi connectivity index (χ0v) is 7.95. The van der Waals surface area contributed by atoms with E-state index in [1.807, 2.05) is 12.3 Å². The van der Waals surface area contributed by atoms with Gasteiger partial charge < -0.3 is 0 Å². The number of aryl methyl sites for hydroxylation is 1. The third-order valence-corrected chi connectivity index (χ3v) is 1.82. The molecule has 0 radical (unpaired) electrons. The van der Waals surface area contributed by atoms with Crippen LogP contribution in [0.15, 0.2) is 18.5 Å². The van der Waals surface area contributed by atoms with E-state index >= 15 is 0 Å². The summed E-state index contributed by atoms with van der Waals surface area (Å²) in [6.45, 7) is 2.10. The molecule has 1 rings (SSSR count). The SMILES string of the molecule is CCc1cnccc1CCl.Cl. The second-order valence-electron chi connectivity index (χ2n) is 2.13. The summed E-state index contributed by atoms with van der Waals surface area (Å²) < 4.78 is 0. The molecule has 0 unspecified atom stereocenters. The zero-order valence-electron chi connectivity index (χ0n) is 6.38. The van der Waals surface area contributed by atoms with E-state index < -0.39 is 0 Å². The highest BCUT2D eigenvalue weighted by atomic mass is 35.5. The molecule has 1 heterocycles. The van der Waals surface area contributed by atoms with Gasteiger partial charge >= 0.3 is 0 Å². The lowest BCUT2D eigenvalue weighted by atomic mass is 10.1. The highest BCUT2D eigenvalue weighted by molar-refractivity contribution is 6.17. The molecule has 1 aromatic heterocycles. The van der Waals surface area contributed by atoms with E-state index in [2.05, 4.69) is 11.9 Å². The van der Waals surface area contributed by atoms with Crippen molar-refractivity contribution in [3.63, 3.8) is 0 Å². The molecule has 1 nitrogen and oxygen atoms in total. The van der Waals surface area contributed by atoms with E-state index in [1.54, 1.807) is 6.20 Å². The number of nitrogens with zero attached hydrogens (tertiary/aromatic N) is 1. The summed E-state index contributed by atoms with van der Waals surface area (Å²) in [4.78, 5) is 4.01. The molecule has 0 spiro atoms. The number of halogens is 2. The summed E-state index contributed by atoms with van der Waals surface area (Å²) in [5.74, 6) is 0.589. The number of pyridine rings is 1. The lowest BCUT2D eigenvalue weighted by molar-refractivity contribution is 1.06. The minimum atomic E-state index is 0. The van der Waals surface area contributed by atoms with Crippen molar-refractivity contribution in [2.45, 2.75) is 19.2 Å². The summed E-state index contributed by atoms with van der Waals surface area (Å²) >= 11 is 5.68. The molecule has 1 aromatic rings. The van der Waals surface area contributed by atoms with Crippen molar-refractivity contribution in [1.29, 1.82) is 0 Å². The second kappa shape index (κ2) is 5.39. The summed E-state index contributed by atoms with van der Waals surface area (Å²) in [6, 6.07) is 1.96. The lowest BCUT2D eigenvalue weighted by Crippen LogP contribution is -1.89. The Morgan fingerprint density at radius 2 is 2.18 bits per heavy atom. The molecule has 62 valence electrons. The van der Waals surface area contributed by atoms with Crippen LogP contribution in [-0.2, 0) is 12.3 Å². The monoisotopic (exact) mass is 191 g/mol. The van der Waals surface area contributed by atoms with E-state index in [1.165, 1.54) is 11.1 Å². The molecule has 0 bridgehead atoms. The highest BCUT2D eigenvalue weighted by Gasteiger charge is 1.96. The van der Waals surface area contributed by atoms with Crippen LogP contribution in [0.5, 0.6) is 0 Å². The maximum absolute atomic E-state index is 5.68. The number of hydrogen-bond donors (Lipinski definition) is 0. The largest absolute Gasteiger partial charge is 0.264 e. The fraction of sp³-hybridized carbons (Fsp3) is 0.375. The Hall–Kier alpha value is -0.270. The normalized spacial score (nSPS) is 8.91. The standard InChI is InChI=1S/C8H10ClN.ClH/c1-2-7-6-10-4-3-8(7)5-9;/h3-4,6H,2,5H2,1H3;1H. The number of hydrogen-bond acceptors (Lipinski definition) is 1. The van der Waals surface area contributed by atoms with E-state index in [9.17, 15) is 0 Å². The molecule has 0 saturated heterocycles. The molecule has 0 aliphatic rings. The van der Waals surface area contributed by atoms with Crippen LogP contribution in [0.1, 0.15) is 18.1 Å². The number of alkyl halides is 1. The predicted octanol–water partition coefficient (Wildman–Crippen LogP) is 2.80. The summed E-state index contributed by atoms with van der Waals surface area (Å²) in [5.41, 5.74) is 2.44. The molecule has 0 saturated carbocycles. The Morgan fingerprint density at radius 1 is 1.45 bits per heavy atom. The fourth-order valence-corrected chi connectivity index (χ4v) is 1.17. The van der Waals surface area contributed by atoms with Crippen molar-refractivity contribution in [2.75, 3.05) is 0 Å². The van der Waals surface area contributed by atoms with Gasteiger partial charge in [0, 0.05) is 18.3 Å². The van der Waals surface area contributed by atoms with Crippen molar-refractivity contribution >= 4 is 24.0 Å². The molecule has 3 heteroatoms. The van der Waals surface area contributed by atoms with Gasteiger partial charge in [-0.1, -0.05) is 6.92 Å². The molecule has 0 aliphatic heterocycles. The van der Waals surface area contributed by atoms with E-state index in [4.69, 9.17) is 11.6 Å². The van der Waals surface area contributed by atoms with Crippen molar-refractivity contribution < 1.29 is 0 Å². The maximum atomic E-state index is 5.68. The molecular weight excluding hydrogens is 181 g/mol. The van der Waals surface area contributed by atoms with Crippen molar-refractivity contribution in [3.8, 4) is 0 Å². The van der Waals surface area contributed by atoms with Crippen LogP contribution in [-0.4, -0.2) is 4.98 Å². The van der Waals surface area contributed by atoms with Gasteiger partial charge in [-0.3, -0.25) is 4.98 Å². The highest BCUT2D eigenvalue weighted by Crippen LogP contribution is 2.09. The Labute approximate surface area is 78.2 Å². The van der Waals surface area contributed by atoms with Gasteiger partial charge in [-0.2, -0.15) is 0 Å². The van der Waals surface area contributed by atoms with E-state index in [-0.39, 0.29) is 12.4 Å². The summed E-state index contributed by atoms with van der Waals surface area (Å²) in [5, 5.41) is 0. The average Bonchev–Trinajstić information content (AvgIpc) is 2.04. The van der Waals surface area contributed by atoms with Crippen molar-refractivity contribution in [1.82, 2.24) is 4.98 Å². The first kappa shape index (κ1) is 10.7. The molecule has 0 aliphatic carbocycles. The van der Waals surface area contributed by atoms with Gasteiger partial charge in [0.15, 0.2) is 0 Å². The minimum Gasteiger partial charge on any atom is -0.264 e. The van der Waals surface area contributed by atoms with Gasteiger partial charge in [0.05, 0.1) is 0 Å². The van der Waals surface area contributed by atoms with Crippen LogP contribution in [0.25, 0.3) is 0 Å². The van der Waals surface area contributed by atoms with Gasteiger partial charge in [-0.15, -0.1) is 24.0 Å². The van der Waals surface area contributed by atoms with Crippen LogP contribution in [0.2, 0.25) is 0 Å². The van der Waals surface area contributed by atoms with Crippen LogP contribution < -0.4 is 0 Å². The molecule has 0 fully saturated rings. The first-order valence-corrected chi connectivity index (χ1v) is 3.89. The van der Waals surface area contributed by atoms with Gasteiger partial charge in [0.1, 0.15) is 0 Å². The first-order chi connectivity index (χ1) is 4.88. The first-order valence-electron chi connectivity index (χ1n) is 3.36. The van der Waals surface area contributed by atoms with Gasteiger partial charge in [-0.25, -0.2) is 0 Å². The van der Waals surface area contributed by atoms with Crippen LogP contribution in [0, 0.1) is 0 Å². The molecular formula is C8H11Cl2N. The minimum absolute atomic E-state index is 0. The molecule has 0 aromatic carbocycles. The smallest absolute Gasteiger partial charge is 0.0477 e. The molecule has 0 atom stereocenters. The van der Waals surface area contributed by atoms with Crippen molar-refractivity contribution in [3.05, 3.63) is 29.6 Å². The van der Waals surface area contributed by atoms with Crippen LogP contribution >= 0.6 is 24.0 Å². The average molecular weight is 192 g/mol. The fourth-order valence-electron chi connectivity index (χ4n) is 0.905. The summed E-state index contributed by atoms with van der Waals surface area (Å²) in [6.07, 6.45) is 4.66. The lowest BCUT2D eigenvalue weighted by Gasteiger charge is -2.00. The Morgan fingerprint density at radius 3 is 2.64 bits per heavy atom. The van der Waals surface area contributed by atoms with Gasteiger partial charge in [-0.05, 0) is 23.6 Å². The Bertz CT molecular complexity index is 190. The summed E-state index contributed by atoms with van der Waals surface area (Å²) in [7, 11) is 0. The quantitative estimate of drug-likeness (QED) is 0.656. The third-order valence-electron chi connectivity index (χ3n) is 1.53. The second-order valence-corrected chi connectivity index (χ2v) is 2.40. The van der Waals surface area contributed by atoms with E-state index in [0.717, 1.165) is 6.42 Å². The topological polar surface area (TPSA) is 12.9 Å². The van der Waals surface area contributed by atoms with Gasteiger partial charge in [0.25, 0.3) is 0 Å². The third kappa shape index (κ3) is 2.68. The Balaban J connectivity index is 0.000001000. The van der Waals surface area contributed by atoms with Crippen molar-refractivity contribution in [2.24, 2.45) is 0 Å². The number of aromatic nitrogens is 1. The number of rotatable bonds is 2. The predicted molar refractivity (Wildman–Crippen MR) is 50.4 cm³/mol.